The molecule has 3 aliphatic rings. The van der Waals surface area contributed by atoms with Crippen LogP contribution in [0.3, 0.4) is 0 Å². The minimum Gasteiger partial charge on any atom is -0.103 e. The third-order valence-electron chi connectivity index (χ3n) is 10.1. The zero-order valence-corrected chi connectivity index (χ0v) is 20.9. The Bertz CT molecular complexity index is 553. The van der Waals surface area contributed by atoms with E-state index in [1.165, 1.54) is 90.8 Å². The normalized spacial score (nSPS) is 37.9. The summed E-state index contributed by atoms with van der Waals surface area (Å²) in [6, 6.07) is 0. The SMILES string of the molecule is C=CC1CCCC(C(C)(BC(CC)C2CC3CC/C=C(\C)CCCC32)CC)CCC1. The molecule has 2 fully saturated rings. The molecule has 5 unspecified atom stereocenters. The van der Waals surface area contributed by atoms with E-state index < -0.39 is 0 Å². The van der Waals surface area contributed by atoms with Crippen molar-refractivity contribution in [1.82, 2.24) is 0 Å². The van der Waals surface area contributed by atoms with Crippen molar-refractivity contribution in [2.45, 2.75) is 129 Å². The van der Waals surface area contributed by atoms with Gasteiger partial charge in [-0.05, 0) is 87.9 Å². The number of fused-ring (bicyclic) bond motifs is 1. The van der Waals surface area contributed by atoms with Crippen molar-refractivity contribution >= 4 is 7.28 Å². The highest BCUT2D eigenvalue weighted by Crippen LogP contribution is 2.56. The first-order chi connectivity index (χ1) is 14.5. The quantitative estimate of drug-likeness (QED) is 0.290. The second kappa shape index (κ2) is 11.4. The Morgan fingerprint density at radius 2 is 1.83 bits per heavy atom. The fourth-order valence-electron chi connectivity index (χ4n) is 7.71. The monoisotopic (exact) mass is 410 g/mol. The van der Waals surface area contributed by atoms with Crippen LogP contribution in [0.2, 0.25) is 11.1 Å². The lowest BCUT2D eigenvalue weighted by Gasteiger charge is -2.51. The molecule has 0 radical (unpaired) electrons. The van der Waals surface area contributed by atoms with Crippen molar-refractivity contribution < 1.29 is 0 Å². The molecule has 3 aliphatic carbocycles. The molecule has 0 spiro atoms. The largest absolute Gasteiger partial charge is 0.131 e. The highest BCUT2D eigenvalue weighted by atomic mass is 14.5. The maximum Gasteiger partial charge on any atom is 0.131 e. The van der Waals surface area contributed by atoms with Gasteiger partial charge in [-0.1, -0.05) is 88.2 Å². The van der Waals surface area contributed by atoms with Crippen LogP contribution in [-0.4, -0.2) is 7.28 Å². The van der Waals surface area contributed by atoms with Gasteiger partial charge in [-0.25, -0.2) is 0 Å². The highest BCUT2D eigenvalue weighted by molar-refractivity contribution is 6.42. The second-order valence-corrected chi connectivity index (χ2v) is 11.8. The molecular weight excluding hydrogens is 359 g/mol. The molecule has 0 amide bonds. The number of rotatable bonds is 7. The van der Waals surface area contributed by atoms with E-state index in [0.29, 0.717) is 5.31 Å². The Morgan fingerprint density at radius 3 is 2.47 bits per heavy atom. The lowest BCUT2D eigenvalue weighted by molar-refractivity contribution is 0.0477. The van der Waals surface area contributed by atoms with E-state index in [-0.39, 0.29) is 0 Å². The molecule has 5 atom stereocenters. The van der Waals surface area contributed by atoms with Gasteiger partial charge in [-0.15, -0.1) is 6.58 Å². The maximum absolute atomic E-state index is 4.08. The first-order valence-corrected chi connectivity index (χ1v) is 13.8. The summed E-state index contributed by atoms with van der Waals surface area (Å²) in [4.78, 5) is 0. The molecule has 0 N–H and O–H groups in total. The molecule has 0 aliphatic heterocycles. The predicted molar refractivity (Wildman–Crippen MR) is 137 cm³/mol. The van der Waals surface area contributed by atoms with Crippen molar-refractivity contribution in [1.29, 1.82) is 0 Å². The van der Waals surface area contributed by atoms with Gasteiger partial charge in [0.2, 0.25) is 0 Å². The van der Waals surface area contributed by atoms with E-state index >= 15 is 0 Å². The Hall–Kier alpha value is -0.455. The van der Waals surface area contributed by atoms with Crippen LogP contribution in [0.15, 0.2) is 24.3 Å². The Balaban J connectivity index is 1.62. The minimum absolute atomic E-state index is 0.559. The fourth-order valence-corrected chi connectivity index (χ4v) is 7.71. The van der Waals surface area contributed by atoms with Crippen LogP contribution >= 0.6 is 0 Å². The van der Waals surface area contributed by atoms with Crippen molar-refractivity contribution in [3.05, 3.63) is 24.3 Å². The Labute approximate surface area is 190 Å². The van der Waals surface area contributed by atoms with Gasteiger partial charge < -0.3 is 0 Å². The van der Waals surface area contributed by atoms with Gasteiger partial charge in [0.05, 0.1) is 0 Å². The smallest absolute Gasteiger partial charge is 0.103 e. The van der Waals surface area contributed by atoms with Gasteiger partial charge in [0.15, 0.2) is 0 Å². The molecule has 0 aromatic rings. The Kier molecular flexibility index (Phi) is 9.21. The van der Waals surface area contributed by atoms with Gasteiger partial charge in [0.25, 0.3) is 0 Å². The van der Waals surface area contributed by atoms with Crippen molar-refractivity contribution in [3.63, 3.8) is 0 Å². The standard InChI is InChI=1S/C29H51B/c1-6-23-15-11-18-25(19-12-16-23)29(5,8-3)30-28(7-2)27-21-24-17-9-13-22(4)14-10-20-26(24)27/h6,13,23-28,30H,1,7-12,14-21H2,2-5H3/b22-13+. The van der Waals surface area contributed by atoms with E-state index in [1.54, 1.807) is 12.0 Å². The summed E-state index contributed by atoms with van der Waals surface area (Å²) in [6.45, 7) is 14.1. The zero-order chi connectivity index (χ0) is 21.6. The summed E-state index contributed by atoms with van der Waals surface area (Å²) < 4.78 is 0. The van der Waals surface area contributed by atoms with Gasteiger partial charge in [-0.2, -0.15) is 0 Å². The van der Waals surface area contributed by atoms with E-state index in [0.717, 1.165) is 35.4 Å². The zero-order valence-electron chi connectivity index (χ0n) is 20.9. The van der Waals surface area contributed by atoms with Crippen LogP contribution in [0.5, 0.6) is 0 Å². The van der Waals surface area contributed by atoms with Gasteiger partial charge in [0, 0.05) is 0 Å². The van der Waals surface area contributed by atoms with Gasteiger partial charge in [-0.3, -0.25) is 0 Å². The summed E-state index contributed by atoms with van der Waals surface area (Å²) in [5.74, 6) is 5.82. The third kappa shape index (κ3) is 5.86. The summed E-state index contributed by atoms with van der Waals surface area (Å²) in [5.41, 5.74) is 1.65. The molecule has 170 valence electrons. The molecule has 0 aromatic carbocycles. The first-order valence-electron chi connectivity index (χ1n) is 13.8. The summed E-state index contributed by atoms with van der Waals surface area (Å²) in [6.07, 6.45) is 24.8. The number of hydrogen-bond acceptors (Lipinski definition) is 0. The number of hydrogen-bond donors (Lipinski definition) is 0. The average molecular weight is 411 g/mol. The van der Waals surface area contributed by atoms with E-state index in [1.807, 2.05) is 0 Å². The summed E-state index contributed by atoms with van der Waals surface area (Å²) >= 11 is 0. The average Bonchev–Trinajstić information content (AvgIpc) is 2.77. The highest BCUT2D eigenvalue weighted by Gasteiger charge is 2.46. The predicted octanol–water partition coefficient (Wildman–Crippen LogP) is 9.15. The second-order valence-electron chi connectivity index (χ2n) is 11.8. The molecule has 0 bridgehead atoms. The molecule has 0 saturated heterocycles. The molecule has 3 rings (SSSR count). The Morgan fingerprint density at radius 1 is 1.10 bits per heavy atom. The summed E-state index contributed by atoms with van der Waals surface area (Å²) in [5, 5.41) is 0.559. The molecular formula is C29H51B. The van der Waals surface area contributed by atoms with Crippen LogP contribution in [-0.2, 0) is 0 Å². The fraction of sp³-hybridized carbons (Fsp3) is 0.862. The van der Waals surface area contributed by atoms with Crippen LogP contribution in [0.4, 0.5) is 0 Å². The maximum atomic E-state index is 4.08. The lowest BCUT2D eigenvalue weighted by atomic mass is 9.35. The van der Waals surface area contributed by atoms with Crippen LogP contribution in [0.1, 0.15) is 118 Å². The van der Waals surface area contributed by atoms with E-state index in [2.05, 4.69) is 46.4 Å². The van der Waals surface area contributed by atoms with E-state index in [9.17, 15) is 0 Å². The molecule has 0 nitrogen and oxygen atoms in total. The van der Waals surface area contributed by atoms with Crippen LogP contribution < -0.4 is 0 Å². The van der Waals surface area contributed by atoms with E-state index in [4.69, 9.17) is 0 Å². The minimum atomic E-state index is 0.559. The molecule has 0 aromatic heterocycles. The molecule has 30 heavy (non-hydrogen) atoms. The molecule has 0 heterocycles. The van der Waals surface area contributed by atoms with Gasteiger partial charge >= 0.3 is 0 Å². The van der Waals surface area contributed by atoms with Crippen molar-refractivity contribution in [2.75, 3.05) is 0 Å². The van der Waals surface area contributed by atoms with Crippen molar-refractivity contribution in [2.24, 2.45) is 29.6 Å². The molecule has 1 heteroatoms. The van der Waals surface area contributed by atoms with Crippen LogP contribution in [0.25, 0.3) is 0 Å². The lowest BCUT2D eigenvalue weighted by Crippen LogP contribution is -2.43. The van der Waals surface area contributed by atoms with Crippen LogP contribution in [0, 0.1) is 29.6 Å². The van der Waals surface area contributed by atoms with Gasteiger partial charge in [0.1, 0.15) is 7.28 Å². The summed E-state index contributed by atoms with van der Waals surface area (Å²) in [7, 11) is 1.50. The topological polar surface area (TPSA) is 0 Å². The third-order valence-corrected chi connectivity index (χ3v) is 10.1. The molecule has 2 saturated carbocycles. The first kappa shape index (κ1) is 24.2. The number of allylic oxidation sites excluding steroid dienone is 3. The van der Waals surface area contributed by atoms with Crippen molar-refractivity contribution in [3.8, 4) is 0 Å².